The molecule has 0 radical (unpaired) electrons. The Hall–Kier alpha value is -0.660. The lowest BCUT2D eigenvalue weighted by atomic mass is 10.1. The molecule has 148 valence electrons. The lowest BCUT2D eigenvalue weighted by Gasteiger charge is -2.33. The van der Waals surface area contributed by atoms with Crippen molar-refractivity contribution in [2.75, 3.05) is 45.6 Å². The molecular formula is C18H38N4O2S. The van der Waals surface area contributed by atoms with Crippen LogP contribution in [0.4, 0.5) is 0 Å². The van der Waals surface area contributed by atoms with Crippen LogP contribution in [0.3, 0.4) is 0 Å². The van der Waals surface area contributed by atoms with Crippen molar-refractivity contribution in [2.45, 2.75) is 64.4 Å². The maximum absolute atomic E-state index is 12.1. The van der Waals surface area contributed by atoms with Gasteiger partial charge in [-0.25, -0.2) is 0 Å². The van der Waals surface area contributed by atoms with Crippen LogP contribution in [0.1, 0.15) is 47.5 Å². The first-order chi connectivity index (χ1) is 11.7. The number of nitrogens with one attached hydrogen (secondary N) is 2. The fraction of sp³-hybridized carbons (Fsp3) is 0.944. The van der Waals surface area contributed by atoms with Crippen molar-refractivity contribution < 1.29 is 8.95 Å². The number of hydrogen-bond acceptors (Lipinski definition) is 4. The van der Waals surface area contributed by atoms with E-state index in [-0.39, 0.29) is 4.75 Å². The Bertz CT molecular complexity index is 427. The molecule has 0 amide bonds. The molecule has 1 unspecified atom stereocenters. The van der Waals surface area contributed by atoms with Gasteiger partial charge in [-0.1, -0.05) is 0 Å². The van der Waals surface area contributed by atoms with Crippen LogP contribution in [0.2, 0.25) is 0 Å². The minimum Gasteiger partial charge on any atom is -0.377 e. The summed E-state index contributed by atoms with van der Waals surface area (Å²) in [5.74, 6) is 1.45. The standard InChI is InChI=1S/C18H38N4O2S/c1-15(2)24-13-12-22-10-7-16(8-11-22)21-17(19-6)20-9-14-25(23)18(3,4)5/h15-16H,7-14H2,1-6H3,(H2,19,20,21). The second-order valence-corrected chi connectivity index (χ2v) is 10.2. The lowest BCUT2D eigenvalue weighted by Crippen LogP contribution is -2.49. The normalized spacial score (nSPS) is 19.2. The number of nitrogens with zero attached hydrogens (tertiary/aromatic N) is 2. The van der Waals surface area contributed by atoms with E-state index in [1.807, 2.05) is 20.8 Å². The van der Waals surface area contributed by atoms with Crippen LogP contribution in [-0.2, 0) is 15.5 Å². The summed E-state index contributed by atoms with van der Waals surface area (Å²) in [7, 11) is 0.948. The van der Waals surface area contributed by atoms with Crippen LogP contribution in [-0.4, -0.2) is 77.5 Å². The molecule has 2 N–H and O–H groups in total. The number of likely N-dealkylation sites (tertiary alicyclic amines) is 1. The molecule has 1 aliphatic heterocycles. The highest BCUT2D eigenvalue weighted by Gasteiger charge is 2.21. The molecule has 0 aromatic carbocycles. The molecule has 0 aromatic heterocycles. The molecule has 1 heterocycles. The van der Waals surface area contributed by atoms with Crippen molar-refractivity contribution in [1.29, 1.82) is 0 Å². The number of aliphatic imine (C=N–C) groups is 1. The van der Waals surface area contributed by atoms with Crippen LogP contribution in [0.5, 0.6) is 0 Å². The SMILES string of the molecule is CN=C(NCCS(=O)C(C)(C)C)NC1CCN(CCOC(C)C)CC1. The summed E-state index contributed by atoms with van der Waals surface area (Å²) in [6.07, 6.45) is 2.52. The Morgan fingerprint density at radius 2 is 1.96 bits per heavy atom. The van der Waals surface area contributed by atoms with Crippen LogP contribution < -0.4 is 10.6 Å². The van der Waals surface area contributed by atoms with Crippen LogP contribution >= 0.6 is 0 Å². The topological polar surface area (TPSA) is 66.0 Å². The summed E-state index contributed by atoms with van der Waals surface area (Å²) in [6.45, 7) is 14.9. The third-order valence-corrected chi connectivity index (χ3v) is 6.21. The minimum absolute atomic E-state index is 0.162. The van der Waals surface area contributed by atoms with Gasteiger partial charge >= 0.3 is 0 Å². The fourth-order valence-corrected chi connectivity index (χ4v) is 3.57. The van der Waals surface area contributed by atoms with Gasteiger partial charge in [-0.2, -0.15) is 0 Å². The van der Waals surface area contributed by atoms with E-state index in [9.17, 15) is 4.21 Å². The van der Waals surface area contributed by atoms with Gasteiger partial charge < -0.3 is 20.3 Å². The summed E-state index contributed by atoms with van der Waals surface area (Å²) in [4.78, 5) is 6.75. The predicted octanol–water partition coefficient (Wildman–Crippen LogP) is 1.59. The predicted molar refractivity (Wildman–Crippen MR) is 108 cm³/mol. The second-order valence-electron chi connectivity index (χ2n) is 7.84. The molecule has 0 spiro atoms. The van der Waals surface area contributed by atoms with Crippen molar-refractivity contribution >= 4 is 16.8 Å². The zero-order chi connectivity index (χ0) is 18.9. The summed E-state index contributed by atoms with van der Waals surface area (Å²) in [5, 5.41) is 6.78. The molecule has 1 rings (SSSR count). The molecular weight excluding hydrogens is 336 g/mol. The average Bonchev–Trinajstić information content (AvgIpc) is 2.54. The monoisotopic (exact) mass is 374 g/mol. The van der Waals surface area contributed by atoms with Crippen molar-refractivity contribution in [3.05, 3.63) is 0 Å². The van der Waals surface area contributed by atoms with Gasteiger partial charge in [-0.05, 0) is 47.5 Å². The van der Waals surface area contributed by atoms with Gasteiger partial charge in [-0.3, -0.25) is 9.20 Å². The highest BCUT2D eigenvalue weighted by Crippen LogP contribution is 2.11. The van der Waals surface area contributed by atoms with E-state index < -0.39 is 10.8 Å². The van der Waals surface area contributed by atoms with E-state index in [1.165, 1.54) is 0 Å². The van der Waals surface area contributed by atoms with Crippen LogP contribution in [0.25, 0.3) is 0 Å². The van der Waals surface area contributed by atoms with Crippen LogP contribution in [0, 0.1) is 0 Å². The molecule has 25 heavy (non-hydrogen) atoms. The van der Waals surface area contributed by atoms with Crippen molar-refractivity contribution in [1.82, 2.24) is 15.5 Å². The van der Waals surface area contributed by atoms with Crippen LogP contribution in [0.15, 0.2) is 4.99 Å². The highest BCUT2D eigenvalue weighted by molar-refractivity contribution is 7.86. The third kappa shape index (κ3) is 9.56. The Morgan fingerprint density at radius 3 is 2.48 bits per heavy atom. The first kappa shape index (κ1) is 22.4. The first-order valence-corrected chi connectivity index (χ1v) is 10.7. The Labute approximate surface area is 156 Å². The Balaban J connectivity index is 2.23. The second kappa shape index (κ2) is 11.1. The number of guanidine groups is 1. The maximum atomic E-state index is 12.1. The number of ether oxygens (including phenoxy) is 1. The highest BCUT2D eigenvalue weighted by atomic mass is 32.2. The lowest BCUT2D eigenvalue weighted by molar-refractivity contribution is 0.0532. The largest absolute Gasteiger partial charge is 0.377 e. The van der Waals surface area contributed by atoms with E-state index in [2.05, 4.69) is 34.4 Å². The van der Waals surface area contributed by atoms with E-state index in [4.69, 9.17) is 4.74 Å². The first-order valence-electron chi connectivity index (χ1n) is 9.42. The van der Waals surface area contributed by atoms with Gasteiger partial charge in [0.05, 0.1) is 12.7 Å². The van der Waals surface area contributed by atoms with Crippen molar-refractivity contribution in [2.24, 2.45) is 4.99 Å². The van der Waals surface area contributed by atoms with E-state index in [0.717, 1.165) is 45.0 Å². The summed E-state index contributed by atoms with van der Waals surface area (Å²) < 4.78 is 17.6. The fourth-order valence-electron chi connectivity index (χ4n) is 2.67. The minimum atomic E-state index is -0.838. The van der Waals surface area contributed by atoms with Gasteiger partial charge in [0.2, 0.25) is 0 Å². The molecule has 0 aromatic rings. The van der Waals surface area contributed by atoms with Gasteiger partial charge in [0, 0.05) is 60.6 Å². The van der Waals surface area contributed by atoms with Gasteiger partial charge in [0.15, 0.2) is 5.96 Å². The summed E-state index contributed by atoms with van der Waals surface area (Å²) >= 11 is 0. The molecule has 1 fully saturated rings. The van der Waals surface area contributed by atoms with Gasteiger partial charge in [-0.15, -0.1) is 0 Å². The summed E-state index contributed by atoms with van der Waals surface area (Å²) in [5.41, 5.74) is 0. The molecule has 0 saturated carbocycles. The van der Waals surface area contributed by atoms with E-state index in [1.54, 1.807) is 7.05 Å². The Morgan fingerprint density at radius 1 is 1.32 bits per heavy atom. The van der Waals surface area contributed by atoms with Gasteiger partial charge in [0.1, 0.15) is 0 Å². The molecule has 1 atom stereocenters. The maximum Gasteiger partial charge on any atom is 0.191 e. The smallest absolute Gasteiger partial charge is 0.191 e. The molecule has 7 heteroatoms. The van der Waals surface area contributed by atoms with E-state index in [0.29, 0.717) is 24.4 Å². The third-order valence-electron chi connectivity index (χ3n) is 4.27. The number of rotatable bonds is 8. The zero-order valence-electron chi connectivity index (χ0n) is 16.9. The van der Waals surface area contributed by atoms with Gasteiger partial charge in [0.25, 0.3) is 0 Å². The Kier molecular flexibility index (Phi) is 9.97. The zero-order valence-corrected chi connectivity index (χ0v) is 17.7. The quantitative estimate of drug-likeness (QED) is 0.499. The number of hydrogen-bond donors (Lipinski definition) is 2. The van der Waals surface area contributed by atoms with E-state index >= 15 is 0 Å². The van der Waals surface area contributed by atoms with Crippen molar-refractivity contribution in [3.63, 3.8) is 0 Å². The average molecular weight is 375 g/mol. The molecule has 0 bridgehead atoms. The number of piperidine rings is 1. The molecule has 6 nitrogen and oxygen atoms in total. The summed E-state index contributed by atoms with van der Waals surface area (Å²) in [6, 6.07) is 0.446. The molecule has 1 aliphatic rings. The van der Waals surface area contributed by atoms with Crippen molar-refractivity contribution in [3.8, 4) is 0 Å². The molecule has 1 saturated heterocycles. The molecule has 0 aliphatic carbocycles.